The van der Waals surface area contributed by atoms with E-state index >= 15 is 0 Å². The topological polar surface area (TPSA) is 110 Å². The molecule has 3 aromatic rings. The molecule has 0 fully saturated rings. The van der Waals surface area contributed by atoms with Crippen molar-refractivity contribution in [3.63, 3.8) is 0 Å². The molecule has 0 bridgehead atoms. The van der Waals surface area contributed by atoms with Crippen LogP contribution in [0.5, 0.6) is 17.2 Å². The van der Waals surface area contributed by atoms with Gasteiger partial charge >= 0.3 is 5.97 Å². The number of phenolic OH excluding ortho intramolecular Hbond substituents is 1. The predicted molar refractivity (Wildman–Crippen MR) is 110 cm³/mol. The molecule has 0 atom stereocenters. The van der Waals surface area contributed by atoms with Crippen LogP contribution in [0, 0.1) is 10.1 Å². The normalized spacial score (nSPS) is 9.90. The quantitative estimate of drug-likeness (QED) is 0.345. The Morgan fingerprint density at radius 3 is 1.93 bits per heavy atom. The van der Waals surface area contributed by atoms with Crippen LogP contribution in [0.25, 0.3) is 0 Å². The Balaban J connectivity index is 0.000000221. The highest BCUT2D eigenvalue weighted by molar-refractivity contribution is 6.35. The van der Waals surface area contributed by atoms with Gasteiger partial charge < -0.3 is 14.9 Å². The highest BCUT2D eigenvalue weighted by Gasteiger charge is 2.08. The summed E-state index contributed by atoms with van der Waals surface area (Å²) in [5.74, 6) is -0.458. The molecule has 0 spiro atoms. The number of benzene rings is 3. The van der Waals surface area contributed by atoms with E-state index in [-0.39, 0.29) is 22.7 Å². The summed E-state index contributed by atoms with van der Waals surface area (Å²) in [6, 6.07) is 14.1. The lowest BCUT2D eigenvalue weighted by atomic mass is 10.2. The summed E-state index contributed by atoms with van der Waals surface area (Å²) in [6.45, 7) is 0. The zero-order chi connectivity index (χ0) is 21.6. The number of ether oxygens (including phenoxy) is 1. The molecule has 0 saturated heterocycles. The van der Waals surface area contributed by atoms with E-state index in [1.54, 1.807) is 30.3 Å². The molecule has 10 heteroatoms. The number of halogens is 3. The van der Waals surface area contributed by atoms with Crippen molar-refractivity contribution in [3.05, 3.63) is 91.4 Å². The van der Waals surface area contributed by atoms with Crippen LogP contribution in [-0.4, -0.2) is 21.1 Å². The summed E-state index contributed by atoms with van der Waals surface area (Å²) in [4.78, 5) is 19.9. The first-order chi connectivity index (χ1) is 13.7. The molecule has 0 unspecified atom stereocenters. The summed E-state index contributed by atoms with van der Waals surface area (Å²) in [6.07, 6.45) is 0. The maximum Gasteiger partial charge on any atom is 0.335 e. The number of aromatic carboxylic acids is 1. The van der Waals surface area contributed by atoms with Crippen molar-refractivity contribution < 1.29 is 24.7 Å². The van der Waals surface area contributed by atoms with E-state index in [9.17, 15) is 20.0 Å². The third kappa shape index (κ3) is 6.53. The largest absolute Gasteiger partial charge is 0.504 e. The SMILES string of the molecule is O=C(O)c1ccc([N+](=O)[O-])cc1.Oc1cc(Cl)ccc1Oc1ccc(Cl)cc1Cl. The third-order valence-corrected chi connectivity index (χ3v) is 4.13. The van der Waals surface area contributed by atoms with Gasteiger partial charge in [0.1, 0.15) is 5.75 Å². The standard InChI is InChI=1S/C12H7Cl3O2.C7H5NO4/c13-7-1-3-11(9(15)5-7)17-12-4-2-8(14)6-10(12)16;9-7(10)5-1-3-6(4-2-5)8(11)12/h1-6,16H;1-4H,(H,9,10). The predicted octanol–water partition coefficient (Wildman–Crippen LogP) is 6.44. The van der Waals surface area contributed by atoms with E-state index in [2.05, 4.69) is 0 Å². The van der Waals surface area contributed by atoms with Crippen LogP contribution in [-0.2, 0) is 0 Å². The Bertz CT molecular complexity index is 958. The number of carboxylic acid groups (broad SMARTS) is 1. The molecule has 0 radical (unpaired) electrons. The molecule has 0 aromatic heterocycles. The third-order valence-electron chi connectivity index (χ3n) is 3.36. The van der Waals surface area contributed by atoms with Crippen LogP contribution < -0.4 is 4.74 Å². The highest BCUT2D eigenvalue weighted by Crippen LogP contribution is 2.36. The molecule has 0 aliphatic heterocycles. The number of hydrogen-bond donors (Lipinski definition) is 2. The number of phenols is 1. The number of carbonyl (C=O) groups is 1. The maximum absolute atomic E-state index is 10.3. The van der Waals surface area contributed by atoms with Gasteiger partial charge in [-0.3, -0.25) is 10.1 Å². The minimum Gasteiger partial charge on any atom is -0.504 e. The average Bonchev–Trinajstić information content (AvgIpc) is 2.66. The van der Waals surface area contributed by atoms with Crippen LogP contribution in [0.3, 0.4) is 0 Å². The molecule has 2 N–H and O–H groups in total. The van der Waals surface area contributed by atoms with Gasteiger partial charge in [-0.05, 0) is 42.5 Å². The van der Waals surface area contributed by atoms with Gasteiger partial charge in [0.15, 0.2) is 11.5 Å². The van der Waals surface area contributed by atoms with E-state index in [0.29, 0.717) is 20.8 Å². The summed E-state index contributed by atoms with van der Waals surface area (Å²) >= 11 is 17.4. The Kier molecular flexibility index (Phi) is 7.67. The van der Waals surface area contributed by atoms with E-state index in [1.807, 2.05) is 0 Å². The molecule has 3 aromatic carbocycles. The molecule has 29 heavy (non-hydrogen) atoms. The van der Waals surface area contributed by atoms with Crippen molar-refractivity contribution in [2.45, 2.75) is 0 Å². The average molecular weight is 457 g/mol. The number of hydrogen-bond acceptors (Lipinski definition) is 5. The molecule has 0 aliphatic carbocycles. The fourth-order valence-electron chi connectivity index (χ4n) is 1.98. The van der Waals surface area contributed by atoms with Gasteiger partial charge in [-0.15, -0.1) is 0 Å². The molecule has 7 nitrogen and oxygen atoms in total. The summed E-state index contributed by atoms with van der Waals surface area (Å²) in [5, 5.41) is 29.5. The van der Waals surface area contributed by atoms with Crippen LogP contribution in [0.4, 0.5) is 5.69 Å². The summed E-state index contributed by atoms with van der Waals surface area (Å²) < 4.78 is 5.45. The van der Waals surface area contributed by atoms with Crippen molar-refractivity contribution in [2.24, 2.45) is 0 Å². The van der Waals surface area contributed by atoms with Crippen molar-refractivity contribution in [2.75, 3.05) is 0 Å². The number of non-ortho nitro benzene ring substituents is 1. The van der Waals surface area contributed by atoms with Crippen LogP contribution in [0.2, 0.25) is 15.1 Å². The molecule has 3 rings (SSSR count). The Labute approximate surface area is 179 Å². The molecular formula is C19H12Cl3NO6. The fraction of sp³-hybridized carbons (Fsp3) is 0. The lowest BCUT2D eigenvalue weighted by Crippen LogP contribution is -1.96. The van der Waals surface area contributed by atoms with E-state index < -0.39 is 10.9 Å². The second-order valence-electron chi connectivity index (χ2n) is 5.40. The van der Waals surface area contributed by atoms with Gasteiger partial charge in [0, 0.05) is 28.2 Å². The Hall–Kier alpha value is -3.00. The van der Waals surface area contributed by atoms with Gasteiger partial charge in [-0.1, -0.05) is 34.8 Å². The van der Waals surface area contributed by atoms with Gasteiger partial charge in [-0.25, -0.2) is 4.79 Å². The molecule has 0 aliphatic rings. The lowest BCUT2D eigenvalue weighted by Gasteiger charge is -2.09. The zero-order valence-electron chi connectivity index (χ0n) is 14.4. The smallest absolute Gasteiger partial charge is 0.335 e. The second kappa shape index (κ2) is 9.97. The minimum atomic E-state index is -1.09. The number of carboxylic acids is 1. The number of nitro groups is 1. The molecule has 150 valence electrons. The number of nitrogens with zero attached hydrogens (tertiary/aromatic N) is 1. The van der Waals surface area contributed by atoms with E-state index in [4.69, 9.17) is 44.6 Å². The van der Waals surface area contributed by atoms with E-state index in [1.165, 1.54) is 18.2 Å². The number of rotatable bonds is 4. The van der Waals surface area contributed by atoms with Crippen LogP contribution in [0.1, 0.15) is 10.4 Å². The van der Waals surface area contributed by atoms with E-state index in [0.717, 1.165) is 12.1 Å². The molecule has 0 saturated carbocycles. The van der Waals surface area contributed by atoms with Crippen molar-refractivity contribution in [3.8, 4) is 17.2 Å². The first kappa shape index (κ1) is 22.3. The fourth-order valence-corrected chi connectivity index (χ4v) is 2.59. The van der Waals surface area contributed by atoms with Crippen LogP contribution in [0.15, 0.2) is 60.7 Å². The van der Waals surface area contributed by atoms with Gasteiger partial charge in [0.25, 0.3) is 5.69 Å². The van der Waals surface area contributed by atoms with Crippen molar-refractivity contribution >= 4 is 46.5 Å². The van der Waals surface area contributed by atoms with Gasteiger partial charge in [-0.2, -0.15) is 0 Å². The van der Waals surface area contributed by atoms with Gasteiger partial charge in [0.05, 0.1) is 15.5 Å². The maximum atomic E-state index is 10.3. The molecular weight excluding hydrogens is 445 g/mol. The summed E-state index contributed by atoms with van der Waals surface area (Å²) in [5.41, 5.74) is -0.0689. The molecule has 0 heterocycles. The first-order valence-electron chi connectivity index (χ1n) is 7.76. The zero-order valence-corrected chi connectivity index (χ0v) is 16.6. The second-order valence-corrected chi connectivity index (χ2v) is 6.68. The minimum absolute atomic E-state index is 0.0422. The highest BCUT2D eigenvalue weighted by atomic mass is 35.5. The Morgan fingerprint density at radius 2 is 1.45 bits per heavy atom. The first-order valence-corrected chi connectivity index (χ1v) is 8.90. The number of nitro benzene ring substituents is 1. The van der Waals surface area contributed by atoms with Crippen LogP contribution >= 0.6 is 34.8 Å². The lowest BCUT2D eigenvalue weighted by molar-refractivity contribution is -0.384. The summed E-state index contributed by atoms with van der Waals surface area (Å²) in [7, 11) is 0. The number of aromatic hydroxyl groups is 1. The van der Waals surface area contributed by atoms with Crippen molar-refractivity contribution in [1.82, 2.24) is 0 Å². The van der Waals surface area contributed by atoms with Gasteiger partial charge in [0.2, 0.25) is 0 Å². The molecule has 0 amide bonds. The monoisotopic (exact) mass is 455 g/mol. The van der Waals surface area contributed by atoms with Crippen molar-refractivity contribution in [1.29, 1.82) is 0 Å². The Morgan fingerprint density at radius 1 is 0.897 bits per heavy atom.